The Bertz CT molecular complexity index is 1400. The van der Waals surface area contributed by atoms with Crippen molar-refractivity contribution in [3.63, 3.8) is 0 Å². The molecule has 3 fully saturated rings. The van der Waals surface area contributed by atoms with E-state index >= 15 is 0 Å². The lowest BCUT2D eigenvalue weighted by Crippen LogP contribution is -2.52. The molecule has 3 saturated carbocycles. The van der Waals surface area contributed by atoms with Crippen molar-refractivity contribution in [1.82, 2.24) is 10.6 Å². The van der Waals surface area contributed by atoms with Crippen LogP contribution >= 0.6 is 0 Å². The molecular formula is C30H32F3N3O4. The highest BCUT2D eigenvalue weighted by Crippen LogP contribution is 2.53. The Morgan fingerprint density at radius 2 is 1.88 bits per heavy atom. The maximum Gasteiger partial charge on any atom is 0.269 e. The summed E-state index contributed by atoms with van der Waals surface area (Å²) in [6.45, 7) is 2.61. The molecule has 7 nitrogen and oxygen atoms in total. The number of carbonyl (C=O) groups excluding carboxylic acids is 3. The van der Waals surface area contributed by atoms with E-state index in [2.05, 4.69) is 17.6 Å². The molecule has 3 aliphatic carbocycles. The van der Waals surface area contributed by atoms with Gasteiger partial charge in [0.05, 0.1) is 18.6 Å². The van der Waals surface area contributed by atoms with Gasteiger partial charge in [-0.25, -0.2) is 4.39 Å². The number of nitrogens with two attached hydrogens (primary N) is 1. The molecule has 0 unspecified atom stereocenters. The zero-order valence-corrected chi connectivity index (χ0v) is 22.4. The second-order valence-electron chi connectivity index (χ2n) is 11.5. The van der Waals surface area contributed by atoms with Crippen LogP contribution in [-0.2, 0) is 4.79 Å². The molecule has 0 saturated heterocycles. The lowest BCUT2D eigenvalue weighted by molar-refractivity contribution is -0.127. The Balaban J connectivity index is 1.44. The van der Waals surface area contributed by atoms with E-state index in [9.17, 15) is 27.6 Å². The standard InChI is InChI=1S/C30H32F3N3O4/c1-30(8-3-9-30)14-35-29(39)24-17-12-19(20(13-17)26(32)33)25(24)36-28(38)21-10-15(5-7-23(21)40-2)18-11-16(27(34)37)4-6-22(18)31/h4-7,10-11,17,19,24-25H,3,8-9,12-14H2,1-2H3,(H2,34,37)(H,35,39)(H,36,38)/t17-,19+,24-,25+/m0/s1. The number of hydrogen-bond acceptors (Lipinski definition) is 4. The Labute approximate surface area is 230 Å². The summed E-state index contributed by atoms with van der Waals surface area (Å²) in [5.41, 5.74) is 5.85. The summed E-state index contributed by atoms with van der Waals surface area (Å²) in [5.74, 6) is -3.67. The number of ether oxygens (including phenoxy) is 1. The van der Waals surface area contributed by atoms with E-state index in [1.807, 2.05) is 0 Å². The molecular weight excluding hydrogens is 523 g/mol. The molecule has 0 spiro atoms. The molecule has 0 radical (unpaired) electrons. The van der Waals surface area contributed by atoms with E-state index in [1.54, 1.807) is 0 Å². The zero-order chi connectivity index (χ0) is 28.8. The monoisotopic (exact) mass is 555 g/mol. The summed E-state index contributed by atoms with van der Waals surface area (Å²) >= 11 is 0. The normalized spacial score (nSPS) is 24.3. The van der Waals surface area contributed by atoms with Gasteiger partial charge in [-0.3, -0.25) is 14.4 Å². The molecule has 0 heterocycles. The SMILES string of the molecule is COc1ccc(-c2cc(C(N)=O)ccc2F)cc1C(=O)N[C@H]1[C@@H](C(=O)NCC2(C)CCC2)[C@@H]2CC(=C(F)F)[C@H]1C2. The first-order chi connectivity index (χ1) is 19.0. The van der Waals surface area contributed by atoms with Crippen LogP contribution in [0.2, 0.25) is 0 Å². The number of nitrogens with one attached hydrogen (secondary N) is 2. The molecule has 0 aromatic heterocycles. The molecule has 10 heteroatoms. The maximum absolute atomic E-state index is 14.7. The lowest BCUT2D eigenvalue weighted by Gasteiger charge is -2.39. The van der Waals surface area contributed by atoms with Crippen molar-refractivity contribution in [3.05, 3.63) is 65.0 Å². The van der Waals surface area contributed by atoms with Crippen LogP contribution in [0.3, 0.4) is 0 Å². The average molecular weight is 556 g/mol. The van der Waals surface area contributed by atoms with E-state index in [0.29, 0.717) is 13.0 Å². The number of carbonyl (C=O) groups is 3. The van der Waals surface area contributed by atoms with Crippen LogP contribution in [0.1, 0.15) is 59.7 Å². The minimum Gasteiger partial charge on any atom is -0.496 e. The van der Waals surface area contributed by atoms with Gasteiger partial charge in [-0.15, -0.1) is 0 Å². The highest BCUT2D eigenvalue weighted by Gasteiger charge is 2.55. The van der Waals surface area contributed by atoms with E-state index in [0.717, 1.165) is 25.3 Å². The number of primary amides is 1. The van der Waals surface area contributed by atoms with Gasteiger partial charge in [0.15, 0.2) is 0 Å². The van der Waals surface area contributed by atoms with E-state index in [4.69, 9.17) is 10.5 Å². The molecule has 4 atom stereocenters. The van der Waals surface area contributed by atoms with Gasteiger partial charge < -0.3 is 21.1 Å². The number of hydrogen-bond donors (Lipinski definition) is 3. The molecule has 212 valence electrons. The zero-order valence-electron chi connectivity index (χ0n) is 22.4. The number of halogens is 3. The first-order valence-electron chi connectivity index (χ1n) is 13.4. The minimum atomic E-state index is -1.77. The third-order valence-electron chi connectivity index (χ3n) is 8.91. The lowest BCUT2D eigenvalue weighted by atomic mass is 9.70. The molecule has 0 aliphatic heterocycles. The van der Waals surface area contributed by atoms with Crippen LogP contribution in [0, 0.1) is 29.0 Å². The predicted molar refractivity (Wildman–Crippen MR) is 142 cm³/mol. The van der Waals surface area contributed by atoms with E-state index in [1.165, 1.54) is 37.4 Å². The minimum absolute atomic E-state index is 0.0173. The van der Waals surface area contributed by atoms with Gasteiger partial charge in [0.1, 0.15) is 11.6 Å². The van der Waals surface area contributed by atoms with Gasteiger partial charge in [-0.2, -0.15) is 8.78 Å². The second kappa shape index (κ2) is 10.6. The number of rotatable bonds is 8. The third-order valence-corrected chi connectivity index (χ3v) is 8.91. The molecule has 2 aromatic carbocycles. The fourth-order valence-electron chi connectivity index (χ4n) is 6.51. The van der Waals surface area contributed by atoms with Crippen LogP contribution in [0.4, 0.5) is 13.2 Å². The highest BCUT2D eigenvalue weighted by atomic mass is 19.3. The summed E-state index contributed by atoms with van der Waals surface area (Å²) in [4.78, 5) is 38.6. The van der Waals surface area contributed by atoms with Gasteiger partial charge in [-0.1, -0.05) is 19.4 Å². The molecule has 2 bridgehead atoms. The fraction of sp³-hybridized carbons (Fsp3) is 0.433. The molecule has 3 aliphatic rings. The Morgan fingerprint density at radius 1 is 1.12 bits per heavy atom. The Morgan fingerprint density at radius 3 is 2.50 bits per heavy atom. The number of benzene rings is 2. The quantitative estimate of drug-likeness (QED) is 0.434. The second-order valence-corrected chi connectivity index (χ2v) is 11.5. The summed E-state index contributed by atoms with van der Waals surface area (Å²) in [6.07, 6.45) is 1.89. The number of amides is 3. The first kappa shape index (κ1) is 27.7. The molecule has 2 aromatic rings. The van der Waals surface area contributed by atoms with Crippen LogP contribution in [0.5, 0.6) is 5.75 Å². The van der Waals surface area contributed by atoms with Crippen molar-refractivity contribution in [3.8, 4) is 16.9 Å². The summed E-state index contributed by atoms with van der Waals surface area (Å²) in [6, 6.07) is 7.26. The van der Waals surface area contributed by atoms with Gasteiger partial charge in [-0.05, 0) is 72.9 Å². The van der Waals surface area contributed by atoms with E-state index < -0.39 is 41.6 Å². The predicted octanol–water partition coefficient (Wildman–Crippen LogP) is 4.81. The van der Waals surface area contributed by atoms with Gasteiger partial charge in [0.25, 0.3) is 12.0 Å². The van der Waals surface area contributed by atoms with Crippen molar-refractivity contribution >= 4 is 17.7 Å². The van der Waals surface area contributed by atoms with Crippen molar-refractivity contribution < 1.29 is 32.3 Å². The largest absolute Gasteiger partial charge is 0.496 e. The van der Waals surface area contributed by atoms with Crippen LogP contribution in [-0.4, -0.2) is 37.4 Å². The van der Waals surface area contributed by atoms with Crippen molar-refractivity contribution in [2.75, 3.05) is 13.7 Å². The summed E-state index contributed by atoms with van der Waals surface area (Å²) in [7, 11) is 1.37. The topological polar surface area (TPSA) is 111 Å². The smallest absolute Gasteiger partial charge is 0.269 e. The van der Waals surface area contributed by atoms with Crippen LogP contribution in [0.15, 0.2) is 48.1 Å². The van der Waals surface area contributed by atoms with Gasteiger partial charge in [0.2, 0.25) is 11.8 Å². The maximum atomic E-state index is 14.7. The summed E-state index contributed by atoms with van der Waals surface area (Å²) < 4.78 is 47.6. The molecule has 40 heavy (non-hydrogen) atoms. The molecule has 3 amide bonds. The van der Waals surface area contributed by atoms with Crippen molar-refractivity contribution in [2.24, 2.45) is 28.9 Å². The Kier molecular flexibility index (Phi) is 7.37. The first-order valence-corrected chi connectivity index (χ1v) is 13.4. The summed E-state index contributed by atoms with van der Waals surface area (Å²) in [5, 5.41) is 5.86. The third kappa shape index (κ3) is 5.07. The van der Waals surface area contributed by atoms with E-state index in [-0.39, 0.29) is 57.2 Å². The van der Waals surface area contributed by atoms with Gasteiger partial charge in [0, 0.05) is 35.2 Å². The molecule has 4 N–H and O–H groups in total. The number of methoxy groups -OCH3 is 1. The average Bonchev–Trinajstić information content (AvgIpc) is 3.49. The van der Waals surface area contributed by atoms with Crippen molar-refractivity contribution in [2.45, 2.75) is 45.1 Å². The molecule has 5 rings (SSSR count). The van der Waals surface area contributed by atoms with Gasteiger partial charge >= 0.3 is 0 Å². The van der Waals surface area contributed by atoms with Crippen LogP contribution < -0.4 is 21.1 Å². The van der Waals surface area contributed by atoms with Crippen LogP contribution in [0.25, 0.3) is 11.1 Å². The number of fused-ring (bicyclic) bond motifs is 2. The fourth-order valence-corrected chi connectivity index (χ4v) is 6.51. The van der Waals surface area contributed by atoms with Crippen molar-refractivity contribution in [1.29, 1.82) is 0 Å². The highest BCUT2D eigenvalue weighted by molar-refractivity contribution is 5.99. The Hall–Kier alpha value is -3.82.